The maximum Gasteiger partial charge on any atom is 0.241 e. The number of carbonyl (C=O) groups is 1. The molecule has 1 aromatic carbocycles. The van der Waals surface area contributed by atoms with Crippen LogP contribution in [0.2, 0.25) is 0 Å². The largest absolute Gasteiger partial charge is 0.394 e. The fourth-order valence-electron chi connectivity index (χ4n) is 3.42. The number of anilines is 1. The van der Waals surface area contributed by atoms with Crippen LogP contribution in [0.15, 0.2) is 36.5 Å². The van der Waals surface area contributed by atoms with Crippen LogP contribution in [0.3, 0.4) is 0 Å². The van der Waals surface area contributed by atoms with Gasteiger partial charge >= 0.3 is 0 Å². The number of halogens is 1. The van der Waals surface area contributed by atoms with Gasteiger partial charge in [0, 0.05) is 38.4 Å². The zero-order valence-electron chi connectivity index (χ0n) is 14.2. The molecule has 136 valence electrons. The van der Waals surface area contributed by atoms with Gasteiger partial charge in [0.05, 0.1) is 23.2 Å². The minimum Gasteiger partial charge on any atom is -0.394 e. The van der Waals surface area contributed by atoms with Crippen molar-refractivity contribution in [2.45, 2.75) is 6.04 Å². The SMILES string of the molecule is N[C@@H](CO)C(=O)N1CCN(c2nc3cc(F)ccc3n3cccc23)CC1. The number of amides is 1. The summed E-state index contributed by atoms with van der Waals surface area (Å²) in [4.78, 5) is 20.5. The van der Waals surface area contributed by atoms with Crippen LogP contribution in [0, 0.1) is 5.82 Å². The van der Waals surface area contributed by atoms with Gasteiger partial charge in [-0.3, -0.25) is 4.79 Å². The molecule has 3 aromatic rings. The van der Waals surface area contributed by atoms with Gasteiger partial charge in [-0.15, -0.1) is 0 Å². The lowest BCUT2D eigenvalue weighted by Gasteiger charge is -2.36. The summed E-state index contributed by atoms with van der Waals surface area (Å²) >= 11 is 0. The molecule has 3 heterocycles. The second kappa shape index (κ2) is 6.54. The highest BCUT2D eigenvalue weighted by atomic mass is 19.1. The van der Waals surface area contributed by atoms with Crippen molar-refractivity contribution < 1.29 is 14.3 Å². The number of aliphatic hydroxyl groups is 1. The van der Waals surface area contributed by atoms with Crippen molar-refractivity contribution >= 4 is 28.3 Å². The summed E-state index contributed by atoms with van der Waals surface area (Å²) < 4.78 is 15.6. The maximum absolute atomic E-state index is 13.6. The summed E-state index contributed by atoms with van der Waals surface area (Å²) in [5, 5.41) is 9.06. The molecule has 7 nitrogen and oxygen atoms in total. The van der Waals surface area contributed by atoms with Gasteiger partial charge in [0.2, 0.25) is 5.91 Å². The first kappa shape index (κ1) is 16.7. The summed E-state index contributed by atoms with van der Waals surface area (Å²) in [7, 11) is 0. The first-order chi connectivity index (χ1) is 12.6. The molecule has 1 aliphatic heterocycles. The Labute approximate surface area is 149 Å². The minimum absolute atomic E-state index is 0.242. The molecule has 0 spiro atoms. The third-order valence-electron chi connectivity index (χ3n) is 4.81. The number of nitrogens with zero attached hydrogens (tertiary/aromatic N) is 4. The van der Waals surface area contributed by atoms with Gasteiger partial charge in [-0.25, -0.2) is 9.37 Å². The molecule has 1 amide bonds. The fourth-order valence-corrected chi connectivity index (χ4v) is 3.42. The molecule has 1 aliphatic rings. The molecule has 8 heteroatoms. The normalized spacial score (nSPS) is 16.4. The van der Waals surface area contributed by atoms with Crippen molar-refractivity contribution in [3.8, 4) is 0 Å². The summed E-state index contributed by atoms with van der Waals surface area (Å²) in [6, 6.07) is 7.62. The van der Waals surface area contributed by atoms with Crippen LogP contribution in [-0.2, 0) is 4.79 Å². The molecule has 0 unspecified atom stereocenters. The van der Waals surface area contributed by atoms with Crippen LogP contribution in [-0.4, -0.2) is 64.1 Å². The number of hydrogen-bond donors (Lipinski definition) is 2. The van der Waals surface area contributed by atoms with E-state index in [0.29, 0.717) is 31.7 Å². The smallest absolute Gasteiger partial charge is 0.241 e. The Morgan fingerprint density at radius 1 is 1.23 bits per heavy atom. The Kier molecular flexibility index (Phi) is 4.21. The highest BCUT2D eigenvalue weighted by molar-refractivity contribution is 5.85. The summed E-state index contributed by atoms with van der Waals surface area (Å²) in [6.45, 7) is 1.84. The van der Waals surface area contributed by atoms with Crippen molar-refractivity contribution in [2.24, 2.45) is 5.73 Å². The highest BCUT2D eigenvalue weighted by Crippen LogP contribution is 2.26. The van der Waals surface area contributed by atoms with Gasteiger partial charge in [0.15, 0.2) is 5.82 Å². The monoisotopic (exact) mass is 357 g/mol. The summed E-state index contributed by atoms with van der Waals surface area (Å²) in [6.07, 6.45) is 1.93. The van der Waals surface area contributed by atoms with Gasteiger partial charge in [0.25, 0.3) is 0 Å². The van der Waals surface area contributed by atoms with E-state index < -0.39 is 6.04 Å². The Hall–Kier alpha value is -2.71. The number of fused-ring (bicyclic) bond motifs is 3. The lowest BCUT2D eigenvalue weighted by Crippen LogP contribution is -2.54. The number of rotatable bonds is 3. The second-order valence-corrected chi connectivity index (χ2v) is 6.43. The van der Waals surface area contributed by atoms with E-state index in [1.165, 1.54) is 12.1 Å². The zero-order chi connectivity index (χ0) is 18.3. The van der Waals surface area contributed by atoms with E-state index >= 15 is 0 Å². The molecular formula is C18H20FN5O2. The Balaban J connectivity index is 1.65. The topological polar surface area (TPSA) is 87.1 Å². The van der Waals surface area contributed by atoms with Crippen LogP contribution >= 0.6 is 0 Å². The molecule has 26 heavy (non-hydrogen) atoms. The molecule has 0 aliphatic carbocycles. The third kappa shape index (κ3) is 2.77. The van der Waals surface area contributed by atoms with Crippen molar-refractivity contribution in [3.05, 3.63) is 42.3 Å². The predicted octanol–water partition coefficient (Wildman–Crippen LogP) is 0.595. The maximum atomic E-state index is 13.6. The summed E-state index contributed by atoms with van der Waals surface area (Å²) in [5.41, 5.74) is 8.00. The second-order valence-electron chi connectivity index (χ2n) is 6.43. The van der Waals surface area contributed by atoms with E-state index in [0.717, 1.165) is 16.9 Å². The summed E-state index contributed by atoms with van der Waals surface area (Å²) in [5.74, 6) is 0.205. The van der Waals surface area contributed by atoms with E-state index in [9.17, 15) is 9.18 Å². The zero-order valence-corrected chi connectivity index (χ0v) is 14.2. The molecule has 3 N–H and O–H groups in total. The molecule has 0 radical (unpaired) electrons. The Bertz CT molecular complexity index is 965. The van der Waals surface area contributed by atoms with Crippen molar-refractivity contribution in [2.75, 3.05) is 37.7 Å². The van der Waals surface area contributed by atoms with E-state index in [1.807, 2.05) is 22.7 Å². The Morgan fingerprint density at radius 2 is 2.00 bits per heavy atom. The van der Waals surface area contributed by atoms with Crippen molar-refractivity contribution in [1.82, 2.24) is 14.3 Å². The van der Waals surface area contributed by atoms with Gasteiger partial charge in [-0.2, -0.15) is 0 Å². The lowest BCUT2D eigenvalue weighted by molar-refractivity contribution is -0.133. The molecule has 1 saturated heterocycles. The van der Waals surface area contributed by atoms with Gasteiger partial charge < -0.3 is 25.0 Å². The van der Waals surface area contributed by atoms with Crippen LogP contribution in [0.25, 0.3) is 16.6 Å². The van der Waals surface area contributed by atoms with E-state index in [2.05, 4.69) is 9.88 Å². The fraction of sp³-hybridized carbons (Fsp3) is 0.333. The Morgan fingerprint density at radius 3 is 2.73 bits per heavy atom. The van der Waals surface area contributed by atoms with Gasteiger partial charge in [-0.05, 0) is 24.3 Å². The number of piperazine rings is 1. The predicted molar refractivity (Wildman–Crippen MR) is 96.5 cm³/mol. The first-order valence-corrected chi connectivity index (χ1v) is 8.55. The highest BCUT2D eigenvalue weighted by Gasteiger charge is 2.26. The standard InChI is InChI=1S/C18H20FN5O2/c19-12-3-4-15-14(10-12)21-17(16-2-1-5-24(15)16)22-6-8-23(9-7-22)18(26)13(20)11-25/h1-5,10,13,25H,6-9,11,20H2/t13-/m0/s1. The van der Waals surface area contributed by atoms with Crippen LogP contribution in [0.1, 0.15) is 0 Å². The average molecular weight is 357 g/mol. The van der Waals surface area contributed by atoms with E-state index in [-0.39, 0.29) is 18.3 Å². The van der Waals surface area contributed by atoms with Crippen LogP contribution in [0.5, 0.6) is 0 Å². The number of nitrogens with two attached hydrogens (primary N) is 1. The average Bonchev–Trinajstić information content (AvgIpc) is 3.16. The first-order valence-electron chi connectivity index (χ1n) is 8.55. The van der Waals surface area contributed by atoms with E-state index in [4.69, 9.17) is 10.8 Å². The molecule has 0 saturated carbocycles. The van der Waals surface area contributed by atoms with Crippen molar-refractivity contribution in [3.63, 3.8) is 0 Å². The van der Waals surface area contributed by atoms with Crippen LogP contribution in [0.4, 0.5) is 10.2 Å². The molecule has 1 fully saturated rings. The number of aromatic nitrogens is 2. The molecule has 4 rings (SSSR count). The van der Waals surface area contributed by atoms with E-state index in [1.54, 1.807) is 11.0 Å². The number of hydrogen-bond acceptors (Lipinski definition) is 5. The van der Waals surface area contributed by atoms with Crippen molar-refractivity contribution in [1.29, 1.82) is 0 Å². The molecular weight excluding hydrogens is 337 g/mol. The minimum atomic E-state index is -0.874. The van der Waals surface area contributed by atoms with Gasteiger partial charge in [0.1, 0.15) is 11.9 Å². The quantitative estimate of drug-likeness (QED) is 0.717. The van der Waals surface area contributed by atoms with Gasteiger partial charge in [-0.1, -0.05) is 0 Å². The number of carbonyl (C=O) groups excluding carboxylic acids is 1. The lowest BCUT2D eigenvalue weighted by atomic mass is 10.2. The molecule has 1 atom stereocenters. The third-order valence-corrected chi connectivity index (χ3v) is 4.81. The van der Waals surface area contributed by atoms with Crippen LogP contribution < -0.4 is 10.6 Å². The number of aliphatic hydroxyl groups excluding tert-OH is 1. The number of benzene rings is 1. The molecule has 2 aromatic heterocycles. The molecule has 0 bridgehead atoms.